The van der Waals surface area contributed by atoms with E-state index < -0.39 is 11.8 Å². The molecule has 0 spiro atoms. The summed E-state index contributed by atoms with van der Waals surface area (Å²) < 4.78 is 13.2. The van der Waals surface area contributed by atoms with Crippen LogP contribution in [0.2, 0.25) is 5.02 Å². The van der Waals surface area contributed by atoms with Crippen LogP contribution in [0.4, 0.5) is 4.39 Å². The number of benzene rings is 1. The van der Waals surface area contributed by atoms with E-state index in [-0.39, 0.29) is 11.4 Å². The van der Waals surface area contributed by atoms with E-state index in [1.54, 1.807) is 6.92 Å². The highest BCUT2D eigenvalue weighted by molar-refractivity contribution is 6.30. The first-order valence-electron chi connectivity index (χ1n) is 4.23. The van der Waals surface area contributed by atoms with E-state index >= 15 is 0 Å². The Hall–Kier alpha value is -1.09. The van der Waals surface area contributed by atoms with E-state index in [0.717, 1.165) is 0 Å². The summed E-state index contributed by atoms with van der Waals surface area (Å²) in [5.41, 5.74) is 0.981. The third kappa shape index (κ3) is 2.45. The van der Waals surface area contributed by atoms with Crippen molar-refractivity contribution in [1.82, 2.24) is 0 Å². The lowest BCUT2D eigenvalue weighted by Gasteiger charge is -2.05. The molecule has 1 aromatic carbocycles. The highest BCUT2D eigenvalue weighted by Gasteiger charge is 2.09. The van der Waals surface area contributed by atoms with Crippen molar-refractivity contribution in [2.24, 2.45) is 0 Å². The molecule has 0 saturated carbocycles. The standard InChI is InChI=1S/C10H10ClFO2/c1-2-7-3-6(5-9(13)14)4-8(11)10(7)12/h3-4H,2,5H2,1H3,(H,13,14). The summed E-state index contributed by atoms with van der Waals surface area (Å²) in [5, 5.41) is 8.54. The largest absolute Gasteiger partial charge is 0.481 e. The summed E-state index contributed by atoms with van der Waals surface area (Å²) in [6, 6.07) is 2.89. The van der Waals surface area contributed by atoms with E-state index in [1.165, 1.54) is 12.1 Å². The van der Waals surface area contributed by atoms with Gasteiger partial charge in [0.25, 0.3) is 0 Å². The van der Waals surface area contributed by atoms with Gasteiger partial charge < -0.3 is 5.11 Å². The average Bonchev–Trinajstić information content (AvgIpc) is 2.10. The Bertz CT molecular complexity index is 363. The summed E-state index contributed by atoms with van der Waals surface area (Å²) in [6.45, 7) is 1.79. The van der Waals surface area contributed by atoms with Gasteiger partial charge in [-0.05, 0) is 23.6 Å². The number of aryl methyl sites for hydroxylation is 1. The van der Waals surface area contributed by atoms with Gasteiger partial charge in [-0.2, -0.15) is 0 Å². The molecule has 0 heterocycles. The average molecular weight is 217 g/mol. The smallest absolute Gasteiger partial charge is 0.307 e. The van der Waals surface area contributed by atoms with Crippen molar-refractivity contribution >= 4 is 17.6 Å². The fourth-order valence-electron chi connectivity index (χ4n) is 1.24. The maximum Gasteiger partial charge on any atom is 0.307 e. The summed E-state index contributed by atoms with van der Waals surface area (Å²) in [5.74, 6) is -1.40. The van der Waals surface area contributed by atoms with Gasteiger partial charge >= 0.3 is 5.97 Å². The molecular formula is C10H10ClFO2. The third-order valence-corrected chi connectivity index (χ3v) is 2.17. The SMILES string of the molecule is CCc1cc(CC(=O)O)cc(Cl)c1F. The van der Waals surface area contributed by atoms with Crippen molar-refractivity contribution in [3.63, 3.8) is 0 Å². The molecule has 0 saturated heterocycles. The Morgan fingerprint density at radius 2 is 2.21 bits per heavy atom. The second-order valence-electron chi connectivity index (χ2n) is 2.97. The minimum absolute atomic E-state index is 0.0133. The van der Waals surface area contributed by atoms with Crippen LogP contribution in [-0.4, -0.2) is 11.1 Å². The molecule has 1 rings (SSSR count). The van der Waals surface area contributed by atoms with Gasteiger partial charge in [-0.15, -0.1) is 0 Å². The van der Waals surface area contributed by atoms with Crippen LogP contribution in [0.25, 0.3) is 0 Å². The van der Waals surface area contributed by atoms with Gasteiger partial charge in [0.05, 0.1) is 11.4 Å². The van der Waals surface area contributed by atoms with E-state index in [0.29, 0.717) is 17.5 Å². The van der Waals surface area contributed by atoms with Crippen molar-refractivity contribution in [3.05, 3.63) is 34.1 Å². The number of carboxylic acid groups (broad SMARTS) is 1. The van der Waals surface area contributed by atoms with Crippen molar-refractivity contribution in [2.45, 2.75) is 19.8 Å². The number of hydrogen-bond donors (Lipinski definition) is 1. The Balaban J connectivity index is 3.09. The van der Waals surface area contributed by atoms with Gasteiger partial charge in [0.2, 0.25) is 0 Å². The van der Waals surface area contributed by atoms with E-state index in [9.17, 15) is 9.18 Å². The molecular weight excluding hydrogens is 207 g/mol. The lowest BCUT2D eigenvalue weighted by atomic mass is 10.1. The molecule has 0 aliphatic carbocycles. The van der Waals surface area contributed by atoms with Gasteiger partial charge in [-0.3, -0.25) is 4.79 Å². The summed E-state index contributed by atoms with van der Waals surface area (Å²) >= 11 is 5.61. The Labute approximate surface area is 86.3 Å². The number of hydrogen-bond acceptors (Lipinski definition) is 1. The van der Waals surface area contributed by atoms with Crippen LogP contribution in [0, 0.1) is 5.82 Å². The van der Waals surface area contributed by atoms with Gasteiger partial charge in [0, 0.05) is 0 Å². The van der Waals surface area contributed by atoms with Crippen molar-refractivity contribution in [2.75, 3.05) is 0 Å². The number of carbonyl (C=O) groups is 1. The minimum Gasteiger partial charge on any atom is -0.481 e. The fraction of sp³-hybridized carbons (Fsp3) is 0.300. The van der Waals surface area contributed by atoms with Gasteiger partial charge in [0.1, 0.15) is 5.82 Å². The molecule has 76 valence electrons. The number of aliphatic carboxylic acids is 1. The maximum absolute atomic E-state index is 13.2. The van der Waals surface area contributed by atoms with E-state index in [4.69, 9.17) is 16.7 Å². The molecule has 0 atom stereocenters. The zero-order valence-corrected chi connectivity index (χ0v) is 8.44. The number of halogens is 2. The van der Waals surface area contributed by atoms with Crippen molar-refractivity contribution < 1.29 is 14.3 Å². The molecule has 0 fully saturated rings. The van der Waals surface area contributed by atoms with Crippen LogP contribution >= 0.6 is 11.6 Å². The lowest BCUT2D eigenvalue weighted by Crippen LogP contribution is -2.02. The molecule has 0 unspecified atom stereocenters. The molecule has 0 bridgehead atoms. The van der Waals surface area contributed by atoms with Crippen LogP contribution in [0.5, 0.6) is 0 Å². The minimum atomic E-state index is -0.949. The monoisotopic (exact) mass is 216 g/mol. The molecule has 0 amide bonds. The first kappa shape index (κ1) is 11.0. The Morgan fingerprint density at radius 1 is 1.57 bits per heavy atom. The predicted molar refractivity (Wildman–Crippen MR) is 52.1 cm³/mol. The summed E-state index contributed by atoms with van der Waals surface area (Å²) in [4.78, 5) is 10.4. The Kier molecular flexibility index (Phi) is 3.47. The third-order valence-electron chi connectivity index (χ3n) is 1.90. The highest BCUT2D eigenvalue weighted by Crippen LogP contribution is 2.21. The van der Waals surface area contributed by atoms with Crippen molar-refractivity contribution in [3.8, 4) is 0 Å². The molecule has 1 aromatic rings. The van der Waals surface area contributed by atoms with Crippen LogP contribution in [-0.2, 0) is 17.6 Å². The predicted octanol–water partition coefficient (Wildman–Crippen LogP) is 2.67. The Morgan fingerprint density at radius 3 is 2.71 bits per heavy atom. The van der Waals surface area contributed by atoms with Crippen LogP contribution < -0.4 is 0 Å². The second kappa shape index (κ2) is 4.42. The van der Waals surface area contributed by atoms with Crippen molar-refractivity contribution in [1.29, 1.82) is 0 Å². The molecule has 0 aliphatic rings. The first-order valence-corrected chi connectivity index (χ1v) is 4.61. The quantitative estimate of drug-likeness (QED) is 0.844. The summed E-state index contributed by atoms with van der Waals surface area (Å²) in [7, 11) is 0. The molecule has 0 aliphatic heterocycles. The zero-order chi connectivity index (χ0) is 10.7. The molecule has 1 N–H and O–H groups in total. The molecule has 0 radical (unpaired) electrons. The van der Waals surface area contributed by atoms with Gasteiger partial charge in [-0.25, -0.2) is 4.39 Å². The molecule has 0 aromatic heterocycles. The number of rotatable bonds is 3. The first-order chi connectivity index (χ1) is 6.54. The molecule has 14 heavy (non-hydrogen) atoms. The highest BCUT2D eigenvalue weighted by atomic mass is 35.5. The zero-order valence-electron chi connectivity index (χ0n) is 7.68. The maximum atomic E-state index is 13.2. The normalized spacial score (nSPS) is 10.2. The van der Waals surface area contributed by atoms with Crippen LogP contribution in [0.1, 0.15) is 18.1 Å². The molecule has 4 heteroatoms. The summed E-state index contributed by atoms with van der Waals surface area (Å²) in [6.07, 6.45) is 0.367. The van der Waals surface area contributed by atoms with Crippen LogP contribution in [0.15, 0.2) is 12.1 Å². The van der Waals surface area contributed by atoms with Gasteiger partial charge in [0.15, 0.2) is 0 Å². The van der Waals surface area contributed by atoms with Crippen LogP contribution in [0.3, 0.4) is 0 Å². The number of carboxylic acids is 1. The van der Waals surface area contributed by atoms with Gasteiger partial charge in [-0.1, -0.05) is 24.6 Å². The lowest BCUT2D eigenvalue weighted by molar-refractivity contribution is -0.136. The topological polar surface area (TPSA) is 37.3 Å². The molecule has 2 nitrogen and oxygen atoms in total. The second-order valence-corrected chi connectivity index (χ2v) is 3.38. The van der Waals surface area contributed by atoms with E-state index in [1.807, 2.05) is 0 Å². The fourth-order valence-corrected chi connectivity index (χ4v) is 1.50. The van der Waals surface area contributed by atoms with E-state index in [2.05, 4.69) is 0 Å².